The zero-order valence-corrected chi connectivity index (χ0v) is 12.5. The van der Waals surface area contributed by atoms with Crippen LogP contribution in [0.5, 0.6) is 0 Å². The molecule has 1 aromatic heterocycles. The summed E-state index contributed by atoms with van der Waals surface area (Å²) in [5.41, 5.74) is -0.178. The lowest BCUT2D eigenvalue weighted by Gasteiger charge is -2.17. The number of esters is 1. The van der Waals surface area contributed by atoms with E-state index in [0.29, 0.717) is 36.4 Å². The zero-order chi connectivity index (χ0) is 14.5. The van der Waals surface area contributed by atoms with Crippen LogP contribution in [0.4, 0.5) is 5.82 Å². The van der Waals surface area contributed by atoms with Crippen LogP contribution in [-0.4, -0.2) is 29.1 Å². The van der Waals surface area contributed by atoms with Gasteiger partial charge >= 0.3 is 5.97 Å². The molecule has 0 aliphatic rings. The molecule has 0 saturated heterocycles. The second kappa shape index (κ2) is 6.70. The number of carbonyl (C=O) groups excluding carboxylic acids is 1. The number of hydrogen-bond donors (Lipinski definition) is 1. The fourth-order valence-electron chi connectivity index (χ4n) is 1.37. The lowest BCUT2D eigenvalue weighted by molar-refractivity contribution is -0.142. The van der Waals surface area contributed by atoms with Crippen molar-refractivity contribution in [3.05, 3.63) is 17.0 Å². The molecule has 0 saturated carbocycles. The van der Waals surface area contributed by atoms with E-state index in [1.54, 1.807) is 13.0 Å². The average molecular weight is 286 g/mol. The van der Waals surface area contributed by atoms with E-state index in [-0.39, 0.29) is 11.4 Å². The molecule has 5 nitrogen and oxygen atoms in total. The summed E-state index contributed by atoms with van der Waals surface area (Å²) in [5.74, 6) is 1.05. The molecule has 1 heterocycles. The third kappa shape index (κ3) is 5.42. The number of carbonyl (C=O) groups is 1. The molecule has 0 aliphatic carbocycles. The Morgan fingerprint density at radius 3 is 2.68 bits per heavy atom. The molecule has 0 spiro atoms. The highest BCUT2D eigenvalue weighted by atomic mass is 35.5. The van der Waals surface area contributed by atoms with E-state index in [4.69, 9.17) is 16.3 Å². The molecule has 0 atom stereocenters. The molecule has 0 radical (unpaired) electrons. The van der Waals surface area contributed by atoms with Crippen LogP contribution >= 0.6 is 11.6 Å². The molecule has 19 heavy (non-hydrogen) atoms. The van der Waals surface area contributed by atoms with Crippen LogP contribution in [0, 0.1) is 0 Å². The highest BCUT2D eigenvalue weighted by molar-refractivity contribution is 6.29. The van der Waals surface area contributed by atoms with Crippen LogP contribution in [0.3, 0.4) is 0 Å². The maximum Gasteiger partial charge on any atom is 0.307 e. The summed E-state index contributed by atoms with van der Waals surface area (Å²) in [7, 11) is 0. The van der Waals surface area contributed by atoms with E-state index < -0.39 is 0 Å². The molecule has 106 valence electrons. The third-order valence-electron chi connectivity index (χ3n) is 2.31. The molecule has 0 bridgehead atoms. The maximum atomic E-state index is 11.2. The molecule has 6 heteroatoms. The predicted octanol–water partition coefficient (Wildman–Crippen LogP) is 2.79. The Labute approximate surface area is 118 Å². The van der Waals surface area contributed by atoms with Crippen molar-refractivity contribution in [2.45, 2.75) is 39.5 Å². The summed E-state index contributed by atoms with van der Waals surface area (Å²) in [6.45, 7) is 8.68. The van der Waals surface area contributed by atoms with Gasteiger partial charge in [0.15, 0.2) is 0 Å². The van der Waals surface area contributed by atoms with E-state index >= 15 is 0 Å². The minimum absolute atomic E-state index is 0.178. The van der Waals surface area contributed by atoms with Crippen LogP contribution in [0.2, 0.25) is 5.15 Å². The monoisotopic (exact) mass is 285 g/mol. The van der Waals surface area contributed by atoms with Crippen molar-refractivity contribution < 1.29 is 9.53 Å². The summed E-state index contributed by atoms with van der Waals surface area (Å²) in [5, 5.41) is 3.44. The number of ether oxygens (including phenoxy) is 1. The Morgan fingerprint density at radius 2 is 2.11 bits per heavy atom. The Morgan fingerprint density at radius 1 is 1.42 bits per heavy atom. The molecular weight excluding hydrogens is 266 g/mol. The van der Waals surface area contributed by atoms with Gasteiger partial charge < -0.3 is 10.1 Å². The Kier molecular flexibility index (Phi) is 5.54. The second-order valence-electron chi connectivity index (χ2n) is 5.13. The number of anilines is 1. The number of rotatable bonds is 5. The summed E-state index contributed by atoms with van der Waals surface area (Å²) >= 11 is 5.96. The summed E-state index contributed by atoms with van der Waals surface area (Å²) in [6.07, 6.45) is 0.292. The van der Waals surface area contributed by atoms with Gasteiger partial charge in [-0.15, -0.1) is 0 Å². The molecule has 0 aromatic carbocycles. The minimum Gasteiger partial charge on any atom is -0.466 e. The highest BCUT2D eigenvalue weighted by Gasteiger charge is 2.18. The van der Waals surface area contributed by atoms with Crippen molar-refractivity contribution >= 4 is 23.4 Å². The van der Waals surface area contributed by atoms with Gasteiger partial charge in [0.25, 0.3) is 0 Å². The summed E-state index contributed by atoms with van der Waals surface area (Å²) < 4.78 is 4.84. The molecule has 1 rings (SSSR count). The average Bonchev–Trinajstić information content (AvgIpc) is 2.27. The quantitative estimate of drug-likeness (QED) is 0.666. The topological polar surface area (TPSA) is 64.1 Å². The maximum absolute atomic E-state index is 11.2. The number of nitrogens with one attached hydrogen (secondary N) is 1. The first-order chi connectivity index (χ1) is 8.82. The summed E-state index contributed by atoms with van der Waals surface area (Å²) in [4.78, 5) is 19.8. The molecule has 0 fully saturated rings. The Balaban J connectivity index is 2.64. The van der Waals surface area contributed by atoms with Crippen molar-refractivity contribution in [3.8, 4) is 0 Å². The SMILES string of the molecule is CCOC(=O)CCNc1cc(Cl)nc(C(C)(C)C)n1. The molecule has 0 aliphatic heterocycles. The first-order valence-corrected chi connectivity index (χ1v) is 6.65. The van der Waals surface area contributed by atoms with Crippen molar-refractivity contribution in [2.75, 3.05) is 18.5 Å². The smallest absolute Gasteiger partial charge is 0.307 e. The van der Waals surface area contributed by atoms with Crippen LogP contribution in [-0.2, 0) is 14.9 Å². The van der Waals surface area contributed by atoms with Crippen LogP contribution in [0.25, 0.3) is 0 Å². The fourth-order valence-corrected chi connectivity index (χ4v) is 1.55. The van der Waals surface area contributed by atoms with Gasteiger partial charge in [0, 0.05) is 18.0 Å². The van der Waals surface area contributed by atoms with E-state index in [2.05, 4.69) is 15.3 Å². The standard InChI is InChI=1S/C13H20ClN3O2/c1-5-19-11(18)6-7-15-10-8-9(14)16-12(17-10)13(2,3)4/h8H,5-7H2,1-4H3,(H,15,16,17). The van der Waals surface area contributed by atoms with Crippen LogP contribution in [0.1, 0.15) is 39.9 Å². The lowest BCUT2D eigenvalue weighted by atomic mass is 9.96. The van der Waals surface area contributed by atoms with Crippen molar-refractivity contribution in [2.24, 2.45) is 0 Å². The molecule has 0 amide bonds. The zero-order valence-electron chi connectivity index (χ0n) is 11.8. The lowest BCUT2D eigenvalue weighted by Crippen LogP contribution is -2.18. The predicted molar refractivity (Wildman–Crippen MR) is 75.5 cm³/mol. The number of hydrogen-bond acceptors (Lipinski definition) is 5. The van der Waals surface area contributed by atoms with Crippen LogP contribution in [0.15, 0.2) is 6.07 Å². The van der Waals surface area contributed by atoms with Crippen molar-refractivity contribution in [1.29, 1.82) is 0 Å². The minimum atomic E-state index is -0.230. The van der Waals surface area contributed by atoms with Gasteiger partial charge in [-0.05, 0) is 6.92 Å². The third-order valence-corrected chi connectivity index (χ3v) is 2.50. The van der Waals surface area contributed by atoms with Gasteiger partial charge in [-0.1, -0.05) is 32.4 Å². The molecule has 1 aromatic rings. The molecule has 0 unspecified atom stereocenters. The van der Waals surface area contributed by atoms with E-state index in [1.807, 2.05) is 20.8 Å². The molecular formula is C13H20ClN3O2. The van der Waals surface area contributed by atoms with Crippen LogP contribution < -0.4 is 5.32 Å². The van der Waals surface area contributed by atoms with E-state index in [1.165, 1.54) is 0 Å². The first-order valence-electron chi connectivity index (χ1n) is 6.27. The van der Waals surface area contributed by atoms with E-state index in [0.717, 1.165) is 0 Å². The molecule has 1 N–H and O–H groups in total. The highest BCUT2D eigenvalue weighted by Crippen LogP contribution is 2.22. The largest absolute Gasteiger partial charge is 0.466 e. The van der Waals surface area contributed by atoms with Gasteiger partial charge in [-0.25, -0.2) is 9.97 Å². The van der Waals surface area contributed by atoms with Gasteiger partial charge in [-0.2, -0.15) is 0 Å². The summed E-state index contributed by atoms with van der Waals surface area (Å²) in [6, 6.07) is 1.64. The Bertz CT molecular complexity index is 444. The van der Waals surface area contributed by atoms with Gasteiger partial charge in [-0.3, -0.25) is 4.79 Å². The number of aromatic nitrogens is 2. The normalized spacial score (nSPS) is 11.2. The van der Waals surface area contributed by atoms with Crippen molar-refractivity contribution in [3.63, 3.8) is 0 Å². The Hall–Kier alpha value is -1.36. The number of nitrogens with zero attached hydrogens (tertiary/aromatic N) is 2. The first kappa shape index (κ1) is 15.7. The fraction of sp³-hybridized carbons (Fsp3) is 0.615. The van der Waals surface area contributed by atoms with Gasteiger partial charge in [0.2, 0.25) is 0 Å². The van der Waals surface area contributed by atoms with Gasteiger partial charge in [0.05, 0.1) is 13.0 Å². The van der Waals surface area contributed by atoms with E-state index in [9.17, 15) is 4.79 Å². The van der Waals surface area contributed by atoms with Crippen molar-refractivity contribution in [1.82, 2.24) is 9.97 Å². The van der Waals surface area contributed by atoms with Gasteiger partial charge in [0.1, 0.15) is 16.8 Å². The second-order valence-corrected chi connectivity index (χ2v) is 5.52. The number of halogens is 1.